The van der Waals surface area contributed by atoms with Gasteiger partial charge < -0.3 is 19.5 Å². The molecule has 0 saturated carbocycles. The van der Waals surface area contributed by atoms with E-state index in [4.69, 9.17) is 14.2 Å². The molecular weight excluding hydrogens is 356 g/mol. The largest absolute Gasteiger partial charge is 0.494 e. The van der Waals surface area contributed by atoms with Crippen molar-refractivity contribution in [3.05, 3.63) is 58.6 Å². The van der Waals surface area contributed by atoms with Crippen LogP contribution >= 0.6 is 0 Å². The first-order valence-corrected chi connectivity index (χ1v) is 7.95. The summed E-state index contributed by atoms with van der Waals surface area (Å²) < 4.78 is 15.3. The van der Waals surface area contributed by atoms with Crippen molar-refractivity contribution in [1.29, 1.82) is 0 Å². The van der Waals surface area contributed by atoms with Gasteiger partial charge >= 0.3 is 5.97 Å². The third kappa shape index (κ3) is 6.31. The number of carbonyl (C=O) groups is 2. The Hall–Kier alpha value is -3.62. The van der Waals surface area contributed by atoms with Gasteiger partial charge in [-0.15, -0.1) is 0 Å². The maximum absolute atomic E-state index is 11.9. The lowest BCUT2D eigenvalue weighted by molar-refractivity contribution is -0.384. The van der Waals surface area contributed by atoms with Crippen LogP contribution in [0.3, 0.4) is 0 Å². The fraction of sp³-hybridized carbons (Fsp3) is 0.222. The molecule has 0 fully saturated rings. The van der Waals surface area contributed by atoms with Crippen molar-refractivity contribution < 1.29 is 28.7 Å². The number of benzene rings is 2. The Morgan fingerprint density at radius 1 is 1.15 bits per heavy atom. The van der Waals surface area contributed by atoms with E-state index in [1.54, 1.807) is 12.1 Å². The van der Waals surface area contributed by atoms with Gasteiger partial charge in [0.25, 0.3) is 11.6 Å². The minimum atomic E-state index is -0.598. The van der Waals surface area contributed by atoms with Gasteiger partial charge in [0.1, 0.15) is 11.5 Å². The molecule has 0 atom stereocenters. The summed E-state index contributed by atoms with van der Waals surface area (Å²) in [6.07, 6.45) is -0.0109. The van der Waals surface area contributed by atoms with E-state index in [1.807, 2.05) is 18.2 Å². The zero-order valence-electron chi connectivity index (χ0n) is 14.5. The first-order valence-electron chi connectivity index (χ1n) is 7.95. The Morgan fingerprint density at radius 3 is 2.56 bits per heavy atom. The Bertz CT molecular complexity index is 809. The van der Waals surface area contributed by atoms with Crippen molar-refractivity contribution in [2.24, 2.45) is 0 Å². The third-order valence-electron chi connectivity index (χ3n) is 3.35. The highest BCUT2D eigenvalue weighted by Gasteiger charge is 2.14. The highest BCUT2D eigenvalue weighted by atomic mass is 16.6. The Morgan fingerprint density at radius 2 is 1.89 bits per heavy atom. The number of para-hydroxylation sites is 1. The van der Waals surface area contributed by atoms with Gasteiger partial charge in [0.2, 0.25) is 0 Å². The molecule has 1 N–H and O–H groups in total. The van der Waals surface area contributed by atoms with Crippen molar-refractivity contribution in [3.63, 3.8) is 0 Å². The molecule has 0 radical (unpaired) electrons. The molecule has 9 heteroatoms. The van der Waals surface area contributed by atoms with E-state index in [-0.39, 0.29) is 30.2 Å². The number of rotatable bonds is 9. The van der Waals surface area contributed by atoms with E-state index in [9.17, 15) is 19.7 Å². The second-order valence-electron chi connectivity index (χ2n) is 5.26. The van der Waals surface area contributed by atoms with Crippen LogP contribution in [0.1, 0.15) is 6.42 Å². The molecule has 0 unspecified atom stereocenters. The fourth-order valence-corrected chi connectivity index (χ4v) is 2.07. The number of nitro groups is 1. The summed E-state index contributed by atoms with van der Waals surface area (Å²) in [6.45, 7) is -0.370. The SMILES string of the molecule is COc1cc([N+](=O)[O-])ccc1NC(=O)COC(=O)CCOc1ccccc1. The van der Waals surface area contributed by atoms with Gasteiger partial charge in [-0.2, -0.15) is 0 Å². The Balaban J connectivity index is 1.77. The van der Waals surface area contributed by atoms with E-state index >= 15 is 0 Å². The van der Waals surface area contributed by atoms with Crippen molar-refractivity contribution in [3.8, 4) is 11.5 Å². The number of amides is 1. The van der Waals surface area contributed by atoms with Gasteiger partial charge in [-0.05, 0) is 18.2 Å². The summed E-state index contributed by atoms with van der Waals surface area (Å²) in [5, 5.41) is 13.2. The minimum Gasteiger partial charge on any atom is -0.494 e. The number of methoxy groups -OCH3 is 1. The van der Waals surface area contributed by atoms with Crippen LogP contribution in [0.4, 0.5) is 11.4 Å². The van der Waals surface area contributed by atoms with Crippen LogP contribution in [0.5, 0.6) is 11.5 Å². The summed E-state index contributed by atoms with van der Waals surface area (Å²) >= 11 is 0. The second-order valence-corrected chi connectivity index (χ2v) is 5.26. The second kappa shape index (κ2) is 9.76. The van der Waals surface area contributed by atoms with E-state index in [0.29, 0.717) is 5.75 Å². The van der Waals surface area contributed by atoms with Gasteiger partial charge in [-0.1, -0.05) is 18.2 Å². The van der Waals surface area contributed by atoms with E-state index in [0.717, 1.165) is 0 Å². The summed E-state index contributed by atoms with van der Waals surface area (Å²) in [7, 11) is 1.32. The normalized spacial score (nSPS) is 9.96. The van der Waals surface area contributed by atoms with Crippen molar-refractivity contribution in [2.45, 2.75) is 6.42 Å². The van der Waals surface area contributed by atoms with Crippen molar-refractivity contribution in [1.82, 2.24) is 0 Å². The molecular formula is C18H18N2O7. The zero-order valence-corrected chi connectivity index (χ0v) is 14.5. The Labute approximate surface area is 155 Å². The van der Waals surface area contributed by atoms with Gasteiger partial charge in [0.15, 0.2) is 6.61 Å². The molecule has 27 heavy (non-hydrogen) atoms. The molecule has 0 aliphatic rings. The van der Waals surface area contributed by atoms with Crippen molar-refractivity contribution >= 4 is 23.3 Å². The fourth-order valence-electron chi connectivity index (χ4n) is 2.07. The number of anilines is 1. The molecule has 0 bridgehead atoms. The molecule has 2 aromatic rings. The lowest BCUT2D eigenvalue weighted by Gasteiger charge is -2.10. The van der Waals surface area contributed by atoms with Crippen LogP contribution in [0, 0.1) is 10.1 Å². The quantitative estimate of drug-likeness (QED) is 0.407. The predicted octanol–water partition coefficient (Wildman–Crippen LogP) is 2.55. The first kappa shape index (κ1) is 19.7. The maximum Gasteiger partial charge on any atom is 0.309 e. The average molecular weight is 374 g/mol. The number of nitrogens with one attached hydrogen (secondary N) is 1. The molecule has 0 saturated heterocycles. The van der Waals surface area contributed by atoms with E-state index in [1.165, 1.54) is 25.3 Å². The smallest absolute Gasteiger partial charge is 0.309 e. The standard InChI is InChI=1S/C18H18N2O7/c1-25-16-11-13(20(23)24)7-8-15(16)19-17(21)12-27-18(22)9-10-26-14-5-3-2-4-6-14/h2-8,11H,9-10,12H2,1H3,(H,19,21). The monoisotopic (exact) mass is 374 g/mol. The maximum atomic E-state index is 11.9. The van der Waals surface area contributed by atoms with Crippen LogP contribution in [-0.4, -0.2) is 37.1 Å². The molecule has 1 amide bonds. The van der Waals surface area contributed by atoms with Gasteiger partial charge in [0, 0.05) is 6.07 Å². The van der Waals surface area contributed by atoms with Crippen LogP contribution in [0.2, 0.25) is 0 Å². The molecule has 142 valence electrons. The summed E-state index contributed by atoms with van der Waals surface area (Å²) in [5.41, 5.74) is 0.0613. The number of nitro benzene ring substituents is 1. The zero-order chi connectivity index (χ0) is 19.6. The van der Waals surface area contributed by atoms with E-state index in [2.05, 4.69) is 5.32 Å². The van der Waals surface area contributed by atoms with E-state index < -0.39 is 23.4 Å². The summed E-state index contributed by atoms with van der Waals surface area (Å²) in [5.74, 6) is -0.426. The molecule has 0 aliphatic carbocycles. The van der Waals surface area contributed by atoms with Gasteiger partial charge in [-0.3, -0.25) is 19.7 Å². The van der Waals surface area contributed by atoms with Crippen LogP contribution in [-0.2, 0) is 14.3 Å². The minimum absolute atomic E-state index is 0.0109. The highest BCUT2D eigenvalue weighted by Crippen LogP contribution is 2.28. The number of nitrogens with zero attached hydrogens (tertiary/aromatic N) is 1. The Kier molecular flexibility index (Phi) is 7.12. The third-order valence-corrected chi connectivity index (χ3v) is 3.35. The van der Waals surface area contributed by atoms with Crippen molar-refractivity contribution in [2.75, 3.05) is 25.6 Å². The van der Waals surface area contributed by atoms with Gasteiger partial charge in [-0.25, -0.2) is 0 Å². The summed E-state index contributed by atoms with van der Waals surface area (Å²) in [6, 6.07) is 12.7. The molecule has 2 rings (SSSR count). The number of carbonyl (C=O) groups excluding carboxylic acids is 2. The molecule has 0 spiro atoms. The molecule has 9 nitrogen and oxygen atoms in total. The molecule has 2 aromatic carbocycles. The number of hydrogen-bond acceptors (Lipinski definition) is 7. The lowest BCUT2D eigenvalue weighted by atomic mass is 10.2. The lowest BCUT2D eigenvalue weighted by Crippen LogP contribution is -2.22. The van der Waals surface area contributed by atoms with Gasteiger partial charge in [0.05, 0.1) is 36.8 Å². The molecule has 0 heterocycles. The molecule has 0 aromatic heterocycles. The number of hydrogen-bond donors (Lipinski definition) is 1. The van der Waals surface area contributed by atoms with Crippen LogP contribution in [0.25, 0.3) is 0 Å². The topological polar surface area (TPSA) is 117 Å². The molecule has 0 aliphatic heterocycles. The first-order chi connectivity index (χ1) is 13.0. The predicted molar refractivity (Wildman–Crippen MR) is 95.8 cm³/mol. The highest BCUT2D eigenvalue weighted by molar-refractivity contribution is 5.94. The number of non-ortho nitro benzene ring substituents is 1. The number of ether oxygens (including phenoxy) is 3. The van der Waals surface area contributed by atoms with Crippen LogP contribution < -0.4 is 14.8 Å². The average Bonchev–Trinajstić information content (AvgIpc) is 2.67. The summed E-state index contributed by atoms with van der Waals surface area (Å²) in [4.78, 5) is 33.7. The number of esters is 1. The van der Waals surface area contributed by atoms with Crippen LogP contribution in [0.15, 0.2) is 48.5 Å².